The normalized spacial score (nSPS) is 10.2. The highest BCUT2D eigenvalue weighted by Gasteiger charge is 2.12. The van der Waals surface area contributed by atoms with Gasteiger partial charge in [-0.25, -0.2) is 14.8 Å². The Balaban J connectivity index is 2.11. The van der Waals surface area contributed by atoms with Gasteiger partial charge in [0.2, 0.25) is 0 Å². The molecule has 0 fully saturated rings. The number of aryl methyl sites for hydroxylation is 1. The second kappa shape index (κ2) is 4.92. The molecule has 0 saturated carbocycles. The summed E-state index contributed by atoms with van der Waals surface area (Å²) in [4.78, 5) is 21.0. The maximum Gasteiger partial charge on any atom is 0.358 e. The van der Waals surface area contributed by atoms with Crippen molar-refractivity contribution < 1.29 is 9.90 Å². The summed E-state index contributed by atoms with van der Waals surface area (Å²) in [6.45, 7) is 2.58. The van der Waals surface area contributed by atoms with Crippen LogP contribution in [-0.2, 0) is 6.54 Å². The van der Waals surface area contributed by atoms with Crippen molar-refractivity contribution in [2.24, 2.45) is 0 Å². The summed E-state index contributed by atoms with van der Waals surface area (Å²) in [5.41, 5.74) is -0.0548. The highest BCUT2D eigenvalue weighted by Crippen LogP contribution is 2.17. The first-order chi connectivity index (χ1) is 8.16. The number of rotatable bonds is 4. The van der Waals surface area contributed by atoms with Crippen LogP contribution in [-0.4, -0.2) is 21.0 Å². The highest BCUT2D eigenvalue weighted by atomic mass is 32.1. The van der Waals surface area contributed by atoms with Crippen molar-refractivity contribution in [1.82, 2.24) is 9.97 Å². The molecule has 0 aliphatic heterocycles. The average Bonchev–Trinajstić information content (AvgIpc) is 2.73. The number of aromatic nitrogens is 2. The van der Waals surface area contributed by atoms with E-state index in [1.165, 1.54) is 17.3 Å². The Labute approximate surface area is 102 Å². The van der Waals surface area contributed by atoms with Gasteiger partial charge < -0.3 is 10.4 Å². The number of nitrogens with one attached hydrogen (secondary N) is 1. The van der Waals surface area contributed by atoms with Crippen LogP contribution >= 0.6 is 11.3 Å². The van der Waals surface area contributed by atoms with Gasteiger partial charge in [0.25, 0.3) is 0 Å². The smallest absolute Gasteiger partial charge is 0.358 e. The van der Waals surface area contributed by atoms with Gasteiger partial charge >= 0.3 is 5.97 Å². The standard InChI is InChI=1S/C11H11N3O2S/c1-7-2-3-8(17-7)6-14-10-9(11(15)16)12-4-5-13-10/h2-5H,6H2,1H3,(H,13,14)(H,15,16). The van der Waals surface area contributed by atoms with Crippen LogP contribution in [0.5, 0.6) is 0 Å². The number of carboxylic acid groups (broad SMARTS) is 1. The van der Waals surface area contributed by atoms with E-state index in [1.54, 1.807) is 11.3 Å². The molecule has 0 aliphatic rings. The minimum absolute atomic E-state index is 0.0548. The molecule has 2 aromatic heterocycles. The Kier molecular flexibility index (Phi) is 3.34. The second-order valence-electron chi connectivity index (χ2n) is 3.42. The minimum Gasteiger partial charge on any atom is -0.476 e. The van der Waals surface area contributed by atoms with Crippen molar-refractivity contribution in [3.63, 3.8) is 0 Å². The maximum absolute atomic E-state index is 10.9. The number of nitrogens with zero attached hydrogens (tertiary/aromatic N) is 2. The number of anilines is 1. The molecule has 0 unspecified atom stereocenters. The molecule has 0 saturated heterocycles. The first kappa shape index (κ1) is 11.5. The van der Waals surface area contributed by atoms with Crippen LogP contribution in [0.25, 0.3) is 0 Å². The summed E-state index contributed by atoms with van der Waals surface area (Å²) < 4.78 is 0. The predicted molar refractivity (Wildman–Crippen MR) is 65.4 cm³/mol. The maximum atomic E-state index is 10.9. The molecule has 2 rings (SSSR count). The molecule has 2 heterocycles. The fraction of sp³-hybridized carbons (Fsp3) is 0.182. The van der Waals surface area contributed by atoms with Crippen LogP contribution in [0.2, 0.25) is 0 Å². The summed E-state index contributed by atoms with van der Waals surface area (Å²) in [5, 5.41) is 11.9. The second-order valence-corrected chi connectivity index (χ2v) is 4.80. The minimum atomic E-state index is -1.08. The molecular weight excluding hydrogens is 238 g/mol. The van der Waals surface area contributed by atoms with E-state index in [1.807, 2.05) is 19.1 Å². The summed E-state index contributed by atoms with van der Waals surface area (Å²) >= 11 is 1.66. The predicted octanol–water partition coefficient (Wildman–Crippen LogP) is 2.16. The van der Waals surface area contributed by atoms with Crippen molar-refractivity contribution in [3.8, 4) is 0 Å². The van der Waals surface area contributed by atoms with Crippen LogP contribution in [0, 0.1) is 6.92 Å². The molecule has 88 valence electrons. The molecule has 0 aromatic carbocycles. The molecule has 0 spiro atoms. The molecule has 0 amide bonds. The van der Waals surface area contributed by atoms with Crippen LogP contribution in [0.1, 0.15) is 20.2 Å². The zero-order valence-corrected chi connectivity index (χ0v) is 9.99. The third kappa shape index (κ3) is 2.79. The Hall–Kier alpha value is -1.95. The molecule has 0 aliphatic carbocycles. The van der Waals surface area contributed by atoms with E-state index in [0.29, 0.717) is 12.4 Å². The summed E-state index contributed by atoms with van der Waals surface area (Å²) in [7, 11) is 0. The van der Waals surface area contributed by atoms with Gasteiger partial charge in [-0.2, -0.15) is 0 Å². The Morgan fingerprint density at radius 2 is 2.18 bits per heavy atom. The molecule has 17 heavy (non-hydrogen) atoms. The SMILES string of the molecule is Cc1ccc(CNc2nccnc2C(=O)O)s1. The van der Waals surface area contributed by atoms with Gasteiger partial charge in [-0.3, -0.25) is 0 Å². The fourth-order valence-electron chi connectivity index (χ4n) is 1.37. The van der Waals surface area contributed by atoms with E-state index in [2.05, 4.69) is 15.3 Å². The lowest BCUT2D eigenvalue weighted by atomic mass is 10.4. The number of hydrogen-bond acceptors (Lipinski definition) is 5. The van der Waals surface area contributed by atoms with Crippen molar-refractivity contribution in [1.29, 1.82) is 0 Å². The molecule has 6 heteroatoms. The lowest BCUT2D eigenvalue weighted by Gasteiger charge is -2.05. The highest BCUT2D eigenvalue weighted by molar-refractivity contribution is 7.11. The van der Waals surface area contributed by atoms with Gasteiger partial charge in [-0.1, -0.05) is 0 Å². The van der Waals surface area contributed by atoms with Gasteiger partial charge in [0, 0.05) is 22.1 Å². The average molecular weight is 249 g/mol. The van der Waals surface area contributed by atoms with Crippen LogP contribution in [0.15, 0.2) is 24.5 Å². The van der Waals surface area contributed by atoms with Crippen LogP contribution in [0.3, 0.4) is 0 Å². The zero-order chi connectivity index (χ0) is 12.3. The van der Waals surface area contributed by atoms with Crippen LogP contribution < -0.4 is 5.32 Å². The van der Waals surface area contributed by atoms with Crippen molar-refractivity contribution >= 4 is 23.1 Å². The Bertz CT molecular complexity index is 539. The molecule has 2 aromatic rings. The molecular formula is C11H11N3O2S. The molecule has 0 bridgehead atoms. The molecule has 2 N–H and O–H groups in total. The summed E-state index contributed by atoms with van der Waals surface area (Å²) in [6, 6.07) is 4.03. The lowest BCUT2D eigenvalue weighted by Crippen LogP contribution is -2.09. The first-order valence-corrected chi connectivity index (χ1v) is 5.82. The third-order valence-corrected chi connectivity index (χ3v) is 3.13. The number of carboxylic acids is 1. The van der Waals surface area contributed by atoms with E-state index < -0.39 is 5.97 Å². The largest absolute Gasteiger partial charge is 0.476 e. The van der Waals surface area contributed by atoms with E-state index in [0.717, 1.165) is 4.88 Å². The van der Waals surface area contributed by atoms with Gasteiger partial charge in [0.05, 0.1) is 6.54 Å². The fourth-order valence-corrected chi connectivity index (χ4v) is 2.20. The lowest BCUT2D eigenvalue weighted by molar-refractivity contribution is 0.0691. The number of carbonyl (C=O) groups is 1. The van der Waals surface area contributed by atoms with Gasteiger partial charge in [0.1, 0.15) is 0 Å². The quantitative estimate of drug-likeness (QED) is 0.868. The first-order valence-electron chi connectivity index (χ1n) is 5.00. The zero-order valence-electron chi connectivity index (χ0n) is 9.17. The molecule has 0 atom stereocenters. The third-order valence-electron chi connectivity index (χ3n) is 2.13. The molecule has 0 radical (unpaired) electrons. The topological polar surface area (TPSA) is 75.1 Å². The summed E-state index contributed by atoms with van der Waals surface area (Å²) in [5.74, 6) is -0.783. The van der Waals surface area contributed by atoms with Crippen molar-refractivity contribution in [2.75, 3.05) is 5.32 Å². The van der Waals surface area contributed by atoms with Gasteiger partial charge in [-0.05, 0) is 19.1 Å². The number of thiophene rings is 1. The summed E-state index contributed by atoms with van der Waals surface area (Å²) in [6.07, 6.45) is 2.83. The van der Waals surface area contributed by atoms with Gasteiger partial charge in [0.15, 0.2) is 11.5 Å². The van der Waals surface area contributed by atoms with E-state index >= 15 is 0 Å². The van der Waals surface area contributed by atoms with E-state index in [4.69, 9.17) is 5.11 Å². The number of aromatic carboxylic acids is 1. The van der Waals surface area contributed by atoms with Gasteiger partial charge in [-0.15, -0.1) is 11.3 Å². The van der Waals surface area contributed by atoms with Crippen molar-refractivity contribution in [2.45, 2.75) is 13.5 Å². The van der Waals surface area contributed by atoms with E-state index in [9.17, 15) is 4.79 Å². The Morgan fingerprint density at radius 1 is 1.41 bits per heavy atom. The number of hydrogen-bond donors (Lipinski definition) is 2. The van der Waals surface area contributed by atoms with Crippen molar-refractivity contribution in [3.05, 3.63) is 40.0 Å². The Morgan fingerprint density at radius 3 is 2.82 bits per heavy atom. The monoisotopic (exact) mass is 249 g/mol. The molecule has 5 nitrogen and oxygen atoms in total. The van der Waals surface area contributed by atoms with E-state index in [-0.39, 0.29) is 5.69 Å². The van der Waals surface area contributed by atoms with Crippen LogP contribution in [0.4, 0.5) is 5.82 Å².